The Hall–Kier alpha value is -1.26. The van der Waals surface area contributed by atoms with Crippen LogP contribution in [-0.2, 0) is 11.3 Å². The van der Waals surface area contributed by atoms with Gasteiger partial charge in [0.15, 0.2) is 11.5 Å². The van der Waals surface area contributed by atoms with Crippen LogP contribution < -0.4 is 14.8 Å². The molecule has 0 saturated carbocycles. The van der Waals surface area contributed by atoms with Crippen LogP contribution in [0.3, 0.4) is 0 Å². The minimum absolute atomic E-state index is 0.555. The van der Waals surface area contributed by atoms with Crippen LogP contribution in [0.2, 0.25) is 0 Å². The molecule has 3 rings (SSSR count). The summed E-state index contributed by atoms with van der Waals surface area (Å²) in [6.45, 7) is 3.84. The van der Waals surface area contributed by atoms with Gasteiger partial charge in [-0.15, -0.1) is 0 Å². The Bertz CT molecular complexity index is 402. The number of hydrogen-bond acceptors (Lipinski definition) is 4. The molecule has 4 nitrogen and oxygen atoms in total. The minimum atomic E-state index is 0.555. The second kappa shape index (κ2) is 5.59. The van der Waals surface area contributed by atoms with Crippen LogP contribution in [0.4, 0.5) is 0 Å². The molecule has 1 saturated heterocycles. The van der Waals surface area contributed by atoms with Crippen molar-refractivity contribution in [3.05, 3.63) is 23.8 Å². The number of hydrogen-bond donors (Lipinski definition) is 1. The number of rotatable bonds is 3. The summed E-state index contributed by atoms with van der Waals surface area (Å²) in [5.41, 5.74) is 1.18. The normalized spacial score (nSPS) is 19.8. The van der Waals surface area contributed by atoms with E-state index in [0.717, 1.165) is 44.1 Å². The predicted octanol–water partition coefficient (Wildman–Crippen LogP) is 1.73. The first-order valence-corrected chi connectivity index (χ1v) is 6.62. The Morgan fingerprint density at radius 2 is 1.89 bits per heavy atom. The molecule has 1 N–H and O–H groups in total. The van der Waals surface area contributed by atoms with E-state index in [1.807, 2.05) is 12.1 Å². The molecular weight excluding hydrogens is 230 g/mol. The molecule has 0 radical (unpaired) electrons. The van der Waals surface area contributed by atoms with E-state index in [2.05, 4.69) is 11.4 Å². The lowest BCUT2D eigenvalue weighted by molar-refractivity contribution is 0.0774. The summed E-state index contributed by atoms with van der Waals surface area (Å²) in [4.78, 5) is 0. The first-order chi connectivity index (χ1) is 8.93. The number of ether oxygens (including phenoxy) is 3. The van der Waals surface area contributed by atoms with Gasteiger partial charge in [0.05, 0.1) is 0 Å². The van der Waals surface area contributed by atoms with Crippen molar-refractivity contribution in [3.8, 4) is 11.5 Å². The molecule has 0 bridgehead atoms. The molecule has 2 aliphatic rings. The van der Waals surface area contributed by atoms with Crippen molar-refractivity contribution < 1.29 is 14.2 Å². The van der Waals surface area contributed by atoms with Crippen molar-refractivity contribution in [2.24, 2.45) is 0 Å². The largest absolute Gasteiger partial charge is 0.486 e. The van der Waals surface area contributed by atoms with Crippen LogP contribution in [0, 0.1) is 0 Å². The molecule has 0 aromatic heterocycles. The van der Waals surface area contributed by atoms with E-state index in [0.29, 0.717) is 19.3 Å². The van der Waals surface area contributed by atoms with E-state index >= 15 is 0 Å². The van der Waals surface area contributed by atoms with Crippen LogP contribution in [0.15, 0.2) is 18.2 Å². The average molecular weight is 249 g/mol. The van der Waals surface area contributed by atoms with Crippen LogP contribution in [0.25, 0.3) is 0 Å². The third-order valence-corrected chi connectivity index (χ3v) is 3.45. The van der Waals surface area contributed by atoms with Crippen LogP contribution >= 0.6 is 0 Å². The number of benzene rings is 1. The molecule has 18 heavy (non-hydrogen) atoms. The fourth-order valence-corrected chi connectivity index (χ4v) is 2.43. The molecule has 98 valence electrons. The molecule has 1 aromatic rings. The smallest absolute Gasteiger partial charge is 0.165 e. The van der Waals surface area contributed by atoms with Crippen LogP contribution in [0.1, 0.15) is 18.4 Å². The van der Waals surface area contributed by atoms with Crippen molar-refractivity contribution in [1.29, 1.82) is 0 Å². The fourth-order valence-electron chi connectivity index (χ4n) is 2.43. The van der Waals surface area contributed by atoms with E-state index in [1.165, 1.54) is 5.56 Å². The quantitative estimate of drug-likeness (QED) is 0.885. The summed E-state index contributed by atoms with van der Waals surface area (Å²) in [6.07, 6.45) is 2.18. The summed E-state index contributed by atoms with van der Waals surface area (Å²) in [5, 5.41) is 3.57. The molecule has 1 fully saturated rings. The lowest BCUT2D eigenvalue weighted by Gasteiger charge is -2.25. The average Bonchev–Trinajstić information content (AvgIpc) is 2.46. The Morgan fingerprint density at radius 3 is 2.78 bits per heavy atom. The molecule has 0 unspecified atom stereocenters. The van der Waals surface area contributed by atoms with Gasteiger partial charge in [0.1, 0.15) is 13.2 Å². The number of nitrogens with one attached hydrogen (secondary N) is 1. The van der Waals surface area contributed by atoms with E-state index < -0.39 is 0 Å². The predicted molar refractivity (Wildman–Crippen MR) is 68.1 cm³/mol. The Kier molecular flexibility index (Phi) is 3.67. The zero-order chi connectivity index (χ0) is 12.2. The van der Waals surface area contributed by atoms with Gasteiger partial charge in [-0.2, -0.15) is 0 Å². The maximum absolute atomic E-state index is 5.70. The SMILES string of the molecule is c1cc(CNC2CCOCC2)c2c(c1)OCCO2. The van der Waals surface area contributed by atoms with Gasteiger partial charge >= 0.3 is 0 Å². The van der Waals surface area contributed by atoms with Gasteiger partial charge < -0.3 is 19.5 Å². The van der Waals surface area contributed by atoms with Crippen molar-refractivity contribution in [3.63, 3.8) is 0 Å². The van der Waals surface area contributed by atoms with Crippen molar-refractivity contribution in [2.45, 2.75) is 25.4 Å². The van der Waals surface area contributed by atoms with E-state index in [1.54, 1.807) is 0 Å². The molecular formula is C14H19NO3. The molecule has 0 atom stereocenters. The monoisotopic (exact) mass is 249 g/mol. The molecule has 2 heterocycles. The van der Waals surface area contributed by atoms with Crippen LogP contribution in [0.5, 0.6) is 11.5 Å². The first kappa shape index (κ1) is 11.8. The van der Waals surface area contributed by atoms with Gasteiger partial charge in [0.25, 0.3) is 0 Å². The Morgan fingerprint density at radius 1 is 1.06 bits per heavy atom. The van der Waals surface area contributed by atoms with Gasteiger partial charge in [0.2, 0.25) is 0 Å². The van der Waals surface area contributed by atoms with Gasteiger partial charge in [-0.1, -0.05) is 12.1 Å². The lowest BCUT2D eigenvalue weighted by Crippen LogP contribution is -2.34. The zero-order valence-corrected chi connectivity index (χ0v) is 10.5. The van der Waals surface area contributed by atoms with Gasteiger partial charge in [0, 0.05) is 31.4 Å². The second-order valence-corrected chi connectivity index (χ2v) is 4.71. The van der Waals surface area contributed by atoms with E-state index in [9.17, 15) is 0 Å². The Balaban J connectivity index is 1.65. The van der Waals surface area contributed by atoms with Gasteiger partial charge in [-0.05, 0) is 18.9 Å². The van der Waals surface area contributed by atoms with E-state index in [-0.39, 0.29) is 0 Å². The summed E-state index contributed by atoms with van der Waals surface area (Å²) in [7, 11) is 0. The molecule has 0 amide bonds. The topological polar surface area (TPSA) is 39.7 Å². The third kappa shape index (κ3) is 2.60. The second-order valence-electron chi connectivity index (χ2n) is 4.71. The minimum Gasteiger partial charge on any atom is -0.486 e. The molecule has 4 heteroatoms. The van der Waals surface area contributed by atoms with Crippen molar-refractivity contribution in [1.82, 2.24) is 5.32 Å². The fraction of sp³-hybridized carbons (Fsp3) is 0.571. The zero-order valence-electron chi connectivity index (χ0n) is 10.5. The molecule has 0 aliphatic carbocycles. The molecule has 2 aliphatic heterocycles. The van der Waals surface area contributed by atoms with Crippen molar-refractivity contribution in [2.75, 3.05) is 26.4 Å². The standard InChI is InChI=1S/C14H19NO3/c1-2-11(10-15-12-4-6-16-7-5-12)14-13(3-1)17-8-9-18-14/h1-3,12,15H,4-10H2. The number of para-hydroxylation sites is 1. The number of fused-ring (bicyclic) bond motifs is 1. The van der Waals surface area contributed by atoms with Gasteiger partial charge in [-0.3, -0.25) is 0 Å². The van der Waals surface area contributed by atoms with E-state index in [4.69, 9.17) is 14.2 Å². The van der Waals surface area contributed by atoms with Crippen molar-refractivity contribution >= 4 is 0 Å². The summed E-state index contributed by atoms with van der Waals surface area (Å²) >= 11 is 0. The third-order valence-electron chi connectivity index (χ3n) is 3.45. The highest BCUT2D eigenvalue weighted by Gasteiger charge is 2.17. The first-order valence-electron chi connectivity index (χ1n) is 6.62. The molecule has 0 spiro atoms. The summed E-state index contributed by atoms with van der Waals surface area (Å²) < 4.78 is 16.6. The maximum Gasteiger partial charge on any atom is 0.165 e. The highest BCUT2D eigenvalue weighted by molar-refractivity contribution is 5.47. The Labute approximate surface area is 107 Å². The highest BCUT2D eigenvalue weighted by atomic mass is 16.6. The highest BCUT2D eigenvalue weighted by Crippen LogP contribution is 2.33. The summed E-state index contributed by atoms with van der Waals surface area (Å²) in [6, 6.07) is 6.64. The van der Waals surface area contributed by atoms with Gasteiger partial charge in [-0.25, -0.2) is 0 Å². The maximum atomic E-state index is 5.70. The lowest BCUT2D eigenvalue weighted by atomic mass is 10.1. The molecule has 1 aromatic carbocycles. The van der Waals surface area contributed by atoms with Crippen LogP contribution in [-0.4, -0.2) is 32.5 Å². The summed E-state index contributed by atoms with van der Waals surface area (Å²) in [5.74, 6) is 1.77.